The van der Waals surface area contributed by atoms with Crippen LogP contribution in [0.4, 0.5) is 32.2 Å². The summed E-state index contributed by atoms with van der Waals surface area (Å²) in [4.78, 5) is 21.0. The number of hydrogen-bond acceptors (Lipinski definition) is 4. The average Bonchev–Trinajstić information content (AvgIpc) is 2.72. The summed E-state index contributed by atoms with van der Waals surface area (Å²) in [6.45, 7) is 0.670. The second-order valence-electron chi connectivity index (χ2n) is 7.67. The van der Waals surface area contributed by atoms with Crippen molar-refractivity contribution in [1.29, 1.82) is 0 Å². The van der Waals surface area contributed by atoms with E-state index in [0.717, 1.165) is 12.1 Å². The minimum atomic E-state index is -4.73. The highest BCUT2D eigenvalue weighted by molar-refractivity contribution is 6.29. The number of Topliss-reactive ketones (excluding diaryl/α,β-unsaturated/α-hetero) is 1. The van der Waals surface area contributed by atoms with E-state index in [1.165, 1.54) is 18.2 Å². The Kier molecular flexibility index (Phi) is 7.32. The first-order chi connectivity index (χ1) is 14.9. The predicted octanol–water partition coefficient (Wildman–Crippen LogP) is 5.98. The first kappa shape index (κ1) is 24.3. The molecule has 11 heteroatoms. The number of hydrogen-bond donors (Lipinski definition) is 0. The number of benzene rings is 1. The van der Waals surface area contributed by atoms with Gasteiger partial charge in [0.2, 0.25) is 5.82 Å². The molecule has 1 aromatic carbocycles. The van der Waals surface area contributed by atoms with Gasteiger partial charge in [0.05, 0.1) is 5.56 Å². The molecular formula is C21H20ClF6N3O. The lowest BCUT2D eigenvalue weighted by Crippen LogP contribution is -2.39. The van der Waals surface area contributed by atoms with Crippen LogP contribution in [0.15, 0.2) is 30.3 Å². The van der Waals surface area contributed by atoms with Gasteiger partial charge in [0, 0.05) is 31.5 Å². The van der Waals surface area contributed by atoms with Crippen LogP contribution in [0.2, 0.25) is 5.15 Å². The first-order valence-corrected chi connectivity index (χ1v) is 10.4. The van der Waals surface area contributed by atoms with Crippen LogP contribution in [0.25, 0.3) is 0 Å². The summed E-state index contributed by atoms with van der Waals surface area (Å²) in [7, 11) is 0. The van der Waals surface area contributed by atoms with E-state index in [0.29, 0.717) is 37.8 Å². The highest BCUT2D eigenvalue weighted by Crippen LogP contribution is 2.31. The van der Waals surface area contributed by atoms with E-state index in [2.05, 4.69) is 9.97 Å². The molecule has 1 aliphatic heterocycles. The Labute approximate surface area is 185 Å². The van der Waals surface area contributed by atoms with Crippen molar-refractivity contribution >= 4 is 23.2 Å². The number of aryl methyl sites for hydroxylation is 1. The molecule has 1 atom stereocenters. The molecule has 0 N–H and O–H groups in total. The van der Waals surface area contributed by atoms with Crippen LogP contribution >= 0.6 is 11.6 Å². The molecule has 2 aromatic rings. The molecule has 32 heavy (non-hydrogen) atoms. The van der Waals surface area contributed by atoms with Gasteiger partial charge >= 0.3 is 12.4 Å². The standard InChI is InChI=1S/C21H20ClF6N3O/c22-17-11-18(30-19(29-17)21(26,27)28)31-10-2-4-14(12-31)16(32)5-1-3-13-6-8-15(9-7-13)20(23,24)25/h6-9,11,14H,1-5,10,12H2/t14-/m1/s1. The molecule has 174 valence electrons. The van der Waals surface area contributed by atoms with E-state index < -0.39 is 23.7 Å². The van der Waals surface area contributed by atoms with Gasteiger partial charge in [0.25, 0.3) is 0 Å². The number of halogens is 7. The van der Waals surface area contributed by atoms with E-state index in [4.69, 9.17) is 11.6 Å². The quantitative estimate of drug-likeness (QED) is 0.378. The molecule has 4 nitrogen and oxygen atoms in total. The van der Waals surface area contributed by atoms with Gasteiger partial charge in [-0.1, -0.05) is 23.7 Å². The Bertz CT molecular complexity index is 946. The lowest BCUT2D eigenvalue weighted by molar-refractivity contribution is -0.145. The molecule has 0 unspecified atom stereocenters. The number of piperidine rings is 1. The molecule has 1 saturated heterocycles. The summed E-state index contributed by atoms with van der Waals surface area (Å²) in [5.41, 5.74) is -0.0236. The molecule has 0 spiro atoms. The Morgan fingerprint density at radius 1 is 1.06 bits per heavy atom. The minimum Gasteiger partial charge on any atom is -0.356 e. The summed E-state index contributed by atoms with van der Waals surface area (Å²) < 4.78 is 76.8. The van der Waals surface area contributed by atoms with Gasteiger partial charge in [-0.15, -0.1) is 0 Å². The Hall–Kier alpha value is -2.36. The Balaban J connectivity index is 1.56. The molecule has 1 aromatic heterocycles. The maximum Gasteiger partial charge on any atom is 0.451 e. The van der Waals surface area contributed by atoms with Crippen LogP contribution in [0.3, 0.4) is 0 Å². The molecule has 0 radical (unpaired) electrons. The molecule has 2 heterocycles. The third kappa shape index (κ3) is 6.34. The zero-order chi connectivity index (χ0) is 23.5. The largest absolute Gasteiger partial charge is 0.451 e. The predicted molar refractivity (Wildman–Crippen MR) is 106 cm³/mol. The number of anilines is 1. The van der Waals surface area contributed by atoms with Crippen LogP contribution in [-0.2, 0) is 23.6 Å². The van der Waals surface area contributed by atoms with Crippen molar-refractivity contribution in [2.75, 3.05) is 18.0 Å². The van der Waals surface area contributed by atoms with Gasteiger partial charge in [-0.2, -0.15) is 26.3 Å². The zero-order valence-corrected chi connectivity index (χ0v) is 17.6. The monoisotopic (exact) mass is 479 g/mol. The molecule has 0 saturated carbocycles. The van der Waals surface area contributed by atoms with Crippen molar-refractivity contribution < 1.29 is 31.1 Å². The minimum absolute atomic E-state index is 0.0274. The number of rotatable bonds is 6. The van der Waals surface area contributed by atoms with Crippen LogP contribution in [0.1, 0.15) is 42.6 Å². The van der Waals surface area contributed by atoms with Gasteiger partial charge in [0.1, 0.15) is 16.8 Å². The molecular weight excluding hydrogens is 460 g/mol. The lowest BCUT2D eigenvalue weighted by atomic mass is 9.90. The van der Waals surface area contributed by atoms with Gasteiger partial charge in [-0.3, -0.25) is 4.79 Å². The van der Waals surface area contributed by atoms with E-state index in [1.54, 1.807) is 4.90 Å². The Morgan fingerprint density at radius 3 is 2.38 bits per heavy atom. The van der Waals surface area contributed by atoms with Gasteiger partial charge in [-0.05, 0) is 43.4 Å². The maximum absolute atomic E-state index is 13.0. The molecule has 3 rings (SSSR count). The SMILES string of the molecule is O=C(CCCc1ccc(C(F)(F)F)cc1)[C@@H]1CCCN(c2cc(Cl)nc(C(F)(F)F)n2)C1. The zero-order valence-electron chi connectivity index (χ0n) is 16.8. The molecule has 1 aliphatic rings. The number of carbonyl (C=O) groups is 1. The summed E-state index contributed by atoms with van der Waals surface area (Å²) in [5.74, 6) is -1.69. The van der Waals surface area contributed by atoms with Crippen molar-refractivity contribution in [2.45, 2.75) is 44.5 Å². The smallest absolute Gasteiger partial charge is 0.356 e. The van der Waals surface area contributed by atoms with E-state index >= 15 is 0 Å². The first-order valence-electron chi connectivity index (χ1n) is 9.99. The van der Waals surface area contributed by atoms with Crippen molar-refractivity contribution in [3.63, 3.8) is 0 Å². The summed E-state index contributed by atoms with van der Waals surface area (Å²) >= 11 is 5.73. The maximum atomic E-state index is 13.0. The van der Waals surface area contributed by atoms with Crippen molar-refractivity contribution in [2.24, 2.45) is 5.92 Å². The van der Waals surface area contributed by atoms with Crippen LogP contribution in [0, 0.1) is 5.92 Å². The highest BCUT2D eigenvalue weighted by atomic mass is 35.5. The highest BCUT2D eigenvalue weighted by Gasteiger charge is 2.36. The van der Waals surface area contributed by atoms with Crippen molar-refractivity contribution in [3.8, 4) is 0 Å². The molecule has 0 aliphatic carbocycles. The van der Waals surface area contributed by atoms with E-state index in [9.17, 15) is 31.1 Å². The number of carbonyl (C=O) groups excluding carboxylic acids is 1. The summed E-state index contributed by atoms with van der Waals surface area (Å²) in [5, 5.41) is -0.327. The topological polar surface area (TPSA) is 46.1 Å². The Morgan fingerprint density at radius 2 is 1.75 bits per heavy atom. The fourth-order valence-electron chi connectivity index (χ4n) is 3.67. The van der Waals surface area contributed by atoms with Gasteiger partial charge in [0.15, 0.2) is 0 Å². The van der Waals surface area contributed by atoms with Gasteiger partial charge < -0.3 is 4.90 Å². The van der Waals surface area contributed by atoms with Crippen LogP contribution < -0.4 is 4.90 Å². The van der Waals surface area contributed by atoms with E-state index in [-0.39, 0.29) is 35.6 Å². The van der Waals surface area contributed by atoms with Crippen LogP contribution in [0.5, 0.6) is 0 Å². The number of nitrogens with zero attached hydrogens (tertiary/aromatic N) is 3. The summed E-state index contributed by atoms with van der Waals surface area (Å²) in [6.07, 6.45) is -6.75. The molecule has 1 fully saturated rings. The van der Waals surface area contributed by atoms with Crippen molar-refractivity contribution in [1.82, 2.24) is 9.97 Å². The number of alkyl halides is 6. The third-order valence-electron chi connectivity index (χ3n) is 5.31. The van der Waals surface area contributed by atoms with Crippen LogP contribution in [-0.4, -0.2) is 28.8 Å². The second kappa shape index (κ2) is 9.64. The van der Waals surface area contributed by atoms with Gasteiger partial charge in [-0.25, -0.2) is 9.97 Å². The van der Waals surface area contributed by atoms with E-state index in [1.807, 2.05) is 0 Å². The number of aromatic nitrogens is 2. The average molecular weight is 480 g/mol. The lowest BCUT2D eigenvalue weighted by Gasteiger charge is -2.33. The van der Waals surface area contributed by atoms with Crippen molar-refractivity contribution in [3.05, 3.63) is 52.4 Å². The third-order valence-corrected chi connectivity index (χ3v) is 5.50. The molecule has 0 bridgehead atoms. The fraction of sp³-hybridized carbons (Fsp3) is 0.476. The molecule has 0 amide bonds. The fourth-order valence-corrected chi connectivity index (χ4v) is 3.85. The normalized spacial score (nSPS) is 17.5. The summed E-state index contributed by atoms with van der Waals surface area (Å²) in [6, 6.07) is 6.06. The second-order valence-corrected chi connectivity index (χ2v) is 8.06. The number of ketones is 1.